The van der Waals surface area contributed by atoms with E-state index in [2.05, 4.69) is 10.3 Å². The van der Waals surface area contributed by atoms with Crippen LogP contribution in [-0.4, -0.2) is 18.7 Å². The molecular formula is C22H17Cl3N2O2. The number of nitrogens with zero attached hydrogens (tertiary/aromatic N) is 1. The maximum atomic E-state index is 12.0. The zero-order valence-electron chi connectivity index (χ0n) is 15.5. The number of hydrogen-bond acceptors (Lipinski definition) is 3. The van der Waals surface area contributed by atoms with Crippen LogP contribution in [-0.2, 0) is 4.79 Å². The number of ether oxygens (including phenoxy) is 1. The normalized spacial score (nSPS) is 10.9. The van der Waals surface area contributed by atoms with Crippen LogP contribution in [0.25, 0.3) is 0 Å². The molecule has 1 N–H and O–H groups in total. The summed E-state index contributed by atoms with van der Waals surface area (Å²) in [6.07, 6.45) is 1.64. The number of benzene rings is 3. The summed E-state index contributed by atoms with van der Waals surface area (Å²) in [5.41, 5.74) is 3.01. The first kappa shape index (κ1) is 21.2. The molecule has 4 nitrogen and oxygen atoms in total. The first-order valence-electron chi connectivity index (χ1n) is 8.70. The van der Waals surface area contributed by atoms with Crippen molar-refractivity contribution in [3.8, 4) is 5.75 Å². The summed E-state index contributed by atoms with van der Waals surface area (Å²) < 4.78 is 5.52. The van der Waals surface area contributed by atoms with Crippen molar-refractivity contribution < 1.29 is 9.53 Å². The molecule has 0 heterocycles. The van der Waals surface area contributed by atoms with Crippen LogP contribution in [0.5, 0.6) is 5.75 Å². The van der Waals surface area contributed by atoms with Gasteiger partial charge in [-0.15, -0.1) is 0 Å². The Bertz CT molecular complexity index is 1030. The highest BCUT2D eigenvalue weighted by Gasteiger charge is 2.12. The van der Waals surface area contributed by atoms with E-state index in [4.69, 9.17) is 39.5 Å². The summed E-state index contributed by atoms with van der Waals surface area (Å²) in [4.78, 5) is 16.5. The quantitative estimate of drug-likeness (QED) is 0.426. The Hall–Kier alpha value is -2.53. The number of nitrogens with one attached hydrogen (secondary N) is 1. The molecule has 0 fully saturated rings. The van der Waals surface area contributed by atoms with Gasteiger partial charge in [0.15, 0.2) is 12.4 Å². The number of para-hydroxylation sites is 1. The average molecular weight is 448 g/mol. The van der Waals surface area contributed by atoms with Gasteiger partial charge in [-0.3, -0.25) is 9.79 Å². The smallest absolute Gasteiger partial charge is 0.262 e. The van der Waals surface area contributed by atoms with Crippen molar-refractivity contribution in [3.05, 3.63) is 86.9 Å². The van der Waals surface area contributed by atoms with E-state index in [-0.39, 0.29) is 28.3 Å². The fraction of sp³-hybridized carbons (Fsp3) is 0.0909. The number of anilines is 1. The number of amides is 1. The van der Waals surface area contributed by atoms with Crippen molar-refractivity contribution in [1.29, 1.82) is 0 Å². The molecular weight excluding hydrogens is 431 g/mol. The summed E-state index contributed by atoms with van der Waals surface area (Å²) in [5.74, 6) is -0.0713. The highest BCUT2D eigenvalue weighted by Crippen LogP contribution is 2.34. The van der Waals surface area contributed by atoms with E-state index in [1.165, 1.54) is 0 Å². The molecule has 0 aliphatic rings. The first-order chi connectivity index (χ1) is 13.9. The molecule has 0 unspecified atom stereocenters. The lowest BCUT2D eigenvalue weighted by Crippen LogP contribution is -2.20. The number of aliphatic imine (C=N–C) groups is 1. The predicted molar refractivity (Wildman–Crippen MR) is 120 cm³/mol. The zero-order chi connectivity index (χ0) is 20.8. The molecule has 3 aromatic rings. The molecule has 29 heavy (non-hydrogen) atoms. The van der Waals surface area contributed by atoms with Crippen molar-refractivity contribution in [2.45, 2.75) is 6.92 Å². The minimum Gasteiger partial charge on any atom is -0.481 e. The summed E-state index contributed by atoms with van der Waals surface area (Å²) in [5, 5.41) is 3.95. The maximum absolute atomic E-state index is 12.0. The standard InChI is InChI=1S/C22H17Cl3N2O2/c1-14-17(23)8-5-9-20(14)26-12-15-10-18(24)22(19(25)11-15)29-13-21(28)27-16-6-3-2-4-7-16/h2-12H,13H2,1H3,(H,27,28). The monoisotopic (exact) mass is 446 g/mol. The zero-order valence-corrected chi connectivity index (χ0v) is 17.7. The minimum absolute atomic E-state index is 0.219. The number of carbonyl (C=O) groups is 1. The second kappa shape index (κ2) is 9.79. The summed E-state index contributed by atoms with van der Waals surface area (Å²) in [7, 11) is 0. The van der Waals surface area contributed by atoms with Gasteiger partial charge in [-0.25, -0.2) is 0 Å². The Balaban J connectivity index is 1.68. The van der Waals surface area contributed by atoms with Crippen LogP contribution in [0.2, 0.25) is 15.1 Å². The van der Waals surface area contributed by atoms with E-state index in [1.807, 2.05) is 43.3 Å². The van der Waals surface area contributed by atoms with Crippen molar-refractivity contribution in [3.63, 3.8) is 0 Å². The first-order valence-corrected chi connectivity index (χ1v) is 9.83. The van der Waals surface area contributed by atoms with Gasteiger partial charge in [-0.2, -0.15) is 0 Å². The van der Waals surface area contributed by atoms with Gasteiger partial charge in [0.1, 0.15) is 0 Å². The lowest BCUT2D eigenvalue weighted by atomic mass is 10.2. The highest BCUT2D eigenvalue weighted by atomic mass is 35.5. The van der Waals surface area contributed by atoms with Gasteiger partial charge in [0.25, 0.3) is 5.91 Å². The molecule has 0 aliphatic heterocycles. The maximum Gasteiger partial charge on any atom is 0.262 e. The second-order valence-electron chi connectivity index (χ2n) is 6.16. The molecule has 7 heteroatoms. The number of halogens is 3. The highest BCUT2D eigenvalue weighted by molar-refractivity contribution is 6.37. The van der Waals surface area contributed by atoms with Crippen LogP contribution in [0, 0.1) is 6.92 Å². The van der Waals surface area contributed by atoms with Gasteiger partial charge in [-0.05, 0) is 54.4 Å². The summed E-state index contributed by atoms with van der Waals surface area (Å²) >= 11 is 18.7. The largest absolute Gasteiger partial charge is 0.481 e. The van der Waals surface area contributed by atoms with E-state index in [9.17, 15) is 4.79 Å². The lowest BCUT2D eigenvalue weighted by Gasteiger charge is -2.11. The molecule has 0 spiro atoms. The number of carbonyl (C=O) groups excluding carboxylic acids is 1. The molecule has 0 atom stereocenters. The Morgan fingerprint density at radius 3 is 2.38 bits per heavy atom. The van der Waals surface area contributed by atoms with Crippen molar-refractivity contribution >= 4 is 58.3 Å². The predicted octanol–water partition coefficient (Wildman–Crippen LogP) is 6.72. The van der Waals surface area contributed by atoms with E-state index < -0.39 is 0 Å². The molecule has 0 bridgehead atoms. The number of hydrogen-bond donors (Lipinski definition) is 1. The van der Waals surface area contributed by atoms with E-state index in [0.29, 0.717) is 16.3 Å². The van der Waals surface area contributed by atoms with Gasteiger partial charge in [-0.1, -0.05) is 59.1 Å². The molecule has 0 saturated heterocycles. The summed E-state index contributed by atoms with van der Waals surface area (Å²) in [6, 6.07) is 17.9. The fourth-order valence-electron chi connectivity index (χ4n) is 2.53. The summed E-state index contributed by atoms with van der Waals surface area (Å²) in [6.45, 7) is 1.68. The third-order valence-corrected chi connectivity index (χ3v) is 4.99. The Labute approximate surface area is 184 Å². The molecule has 0 aromatic heterocycles. The van der Waals surface area contributed by atoms with Gasteiger partial charge in [0, 0.05) is 16.9 Å². The molecule has 1 amide bonds. The van der Waals surface area contributed by atoms with Gasteiger partial charge in [0.05, 0.1) is 15.7 Å². The third-order valence-electron chi connectivity index (χ3n) is 4.02. The van der Waals surface area contributed by atoms with Gasteiger partial charge < -0.3 is 10.1 Å². The SMILES string of the molecule is Cc1c(Cl)cccc1N=Cc1cc(Cl)c(OCC(=O)Nc2ccccc2)c(Cl)c1. The van der Waals surface area contributed by atoms with Crippen molar-refractivity contribution in [1.82, 2.24) is 0 Å². The number of rotatable bonds is 6. The Morgan fingerprint density at radius 1 is 1.00 bits per heavy atom. The topological polar surface area (TPSA) is 50.7 Å². The van der Waals surface area contributed by atoms with Crippen LogP contribution >= 0.6 is 34.8 Å². The third kappa shape index (κ3) is 5.73. The lowest BCUT2D eigenvalue weighted by molar-refractivity contribution is -0.118. The molecule has 0 saturated carbocycles. The van der Waals surface area contributed by atoms with Crippen LogP contribution < -0.4 is 10.1 Å². The van der Waals surface area contributed by atoms with Crippen molar-refractivity contribution in [2.75, 3.05) is 11.9 Å². The van der Waals surface area contributed by atoms with Crippen LogP contribution in [0.15, 0.2) is 65.7 Å². The van der Waals surface area contributed by atoms with Crippen LogP contribution in [0.3, 0.4) is 0 Å². The molecule has 0 radical (unpaired) electrons. The van der Waals surface area contributed by atoms with Crippen molar-refractivity contribution in [2.24, 2.45) is 4.99 Å². The van der Waals surface area contributed by atoms with Gasteiger partial charge in [0.2, 0.25) is 0 Å². The molecule has 0 aliphatic carbocycles. The van der Waals surface area contributed by atoms with E-state index >= 15 is 0 Å². The van der Waals surface area contributed by atoms with E-state index in [0.717, 1.165) is 11.3 Å². The average Bonchev–Trinajstić information content (AvgIpc) is 2.69. The second-order valence-corrected chi connectivity index (χ2v) is 7.38. The van der Waals surface area contributed by atoms with Crippen LogP contribution in [0.1, 0.15) is 11.1 Å². The minimum atomic E-state index is -0.314. The molecule has 3 rings (SSSR count). The van der Waals surface area contributed by atoms with E-state index in [1.54, 1.807) is 30.5 Å². The van der Waals surface area contributed by atoms with Crippen LogP contribution in [0.4, 0.5) is 11.4 Å². The fourth-order valence-corrected chi connectivity index (χ4v) is 3.31. The molecule has 3 aromatic carbocycles. The Morgan fingerprint density at radius 2 is 1.69 bits per heavy atom. The molecule has 148 valence electrons. The Kier molecular flexibility index (Phi) is 7.15. The van der Waals surface area contributed by atoms with Gasteiger partial charge >= 0.3 is 0 Å².